The summed E-state index contributed by atoms with van der Waals surface area (Å²) in [5.74, 6) is -0.331. The number of alkyl halides is 2. The van der Waals surface area contributed by atoms with Gasteiger partial charge < -0.3 is 4.74 Å². The number of rotatable bonds is 3. The third kappa shape index (κ3) is 3.12. The molecule has 0 unspecified atom stereocenters. The van der Waals surface area contributed by atoms with Crippen LogP contribution in [0.2, 0.25) is 0 Å². The second-order valence-electron chi connectivity index (χ2n) is 3.15. The molecule has 1 aromatic rings. The van der Waals surface area contributed by atoms with Gasteiger partial charge in [0.1, 0.15) is 16.7 Å². The van der Waals surface area contributed by atoms with Gasteiger partial charge in [-0.3, -0.25) is 0 Å². The first-order chi connectivity index (χ1) is 7.75. The zero-order chi connectivity index (χ0) is 13.2. The van der Waals surface area contributed by atoms with Crippen molar-refractivity contribution in [3.63, 3.8) is 0 Å². The van der Waals surface area contributed by atoms with E-state index >= 15 is 0 Å². The first kappa shape index (κ1) is 13.3. The Morgan fingerprint density at radius 2 is 2.06 bits per heavy atom. The molecule has 0 amide bonds. The highest BCUT2D eigenvalue weighted by atomic mass is 32.2. The maximum atomic E-state index is 12.0. The molecule has 0 aliphatic rings. The van der Waals surface area contributed by atoms with Crippen molar-refractivity contribution in [2.45, 2.75) is 18.4 Å². The van der Waals surface area contributed by atoms with Gasteiger partial charge in [-0.2, -0.15) is 14.0 Å². The van der Waals surface area contributed by atoms with E-state index in [9.17, 15) is 17.2 Å². The van der Waals surface area contributed by atoms with Crippen LogP contribution >= 0.6 is 0 Å². The standard InChI is InChI=1S/C9H8F2N2O3S/c1-5-2-6(4-12)8(17(13,14)15)3-7(5)16-9(10)11/h2-3,9H,1H3,(H2,13,14,15). The highest BCUT2D eigenvalue weighted by molar-refractivity contribution is 7.89. The summed E-state index contributed by atoms with van der Waals surface area (Å²) in [6.07, 6.45) is 0. The molecule has 1 rings (SSSR count). The largest absolute Gasteiger partial charge is 0.435 e. The molecule has 0 aromatic heterocycles. The van der Waals surface area contributed by atoms with Crippen LogP contribution in [0.25, 0.3) is 0 Å². The Kier molecular flexibility index (Phi) is 3.65. The van der Waals surface area contributed by atoms with E-state index in [4.69, 9.17) is 10.4 Å². The zero-order valence-electron chi connectivity index (χ0n) is 8.65. The van der Waals surface area contributed by atoms with Crippen LogP contribution in [0.1, 0.15) is 11.1 Å². The van der Waals surface area contributed by atoms with Crippen molar-refractivity contribution in [2.24, 2.45) is 5.14 Å². The van der Waals surface area contributed by atoms with E-state index in [1.165, 1.54) is 6.92 Å². The van der Waals surface area contributed by atoms with Crippen molar-refractivity contribution in [3.8, 4) is 11.8 Å². The van der Waals surface area contributed by atoms with Crippen LogP contribution in [0.15, 0.2) is 17.0 Å². The fraction of sp³-hybridized carbons (Fsp3) is 0.222. The Labute approximate surface area is 96.5 Å². The van der Waals surface area contributed by atoms with Gasteiger partial charge in [0.2, 0.25) is 10.0 Å². The van der Waals surface area contributed by atoms with Gasteiger partial charge in [-0.05, 0) is 18.6 Å². The summed E-state index contributed by atoms with van der Waals surface area (Å²) in [5, 5.41) is 13.6. The molecule has 0 aliphatic heterocycles. The molecule has 1 aromatic carbocycles. The second kappa shape index (κ2) is 4.65. The summed E-state index contributed by atoms with van der Waals surface area (Å²) in [4.78, 5) is -0.541. The summed E-state index contributed by atoms with van der Waals surface area (Å²) >= 11 is 0. The van der Waals surface area contributed by atoms with E-state index in [1.54, 1.807) is 6.07 Å². The molecule has 0 spiro atoms. The molecular weight excluding hydrogens is 254 g/mol. The molecule has 17 heavy (non-hydrogen) atoms. The maximum absolute atomic E-state index is 12.0. The van der Waals surface area contributed by atoms with E-state index < -0.39 is 21.5 Å². The summed E-state index contributed by atoms with van der Waals surface area (Å²) < 4.78 is 50.5. The van der Waals surface area contributed by atoms with Gasteiger partial charge in [0.15, 0.2) is 0 Å². The van der Waals surface area contributed by atoms with Gasteiger partial charge in [0, 0.05) is 6.07 Å². The zero-order valence-corrected chi connectivity index (χ0v) is 9.46. The molecule has 5 nitrogen and oxygen atoms in total. The van der Waals surface area contributed by atoms with Gasteiger partial charge in [-0.1, -0.05) is 0 Å². The smallest absolute Gasteiger partial charge is 0.387 e. The van der Waals surface area contributed by atoms with Crippen LogP contribution in [0.5, 0.6) is 5.75 Å². The van der Waals surface area contributed by atoms with Crippen LogP contribution < -0.4 is 9.88 Å². The van der Waals surface area contributed by atoms with Crippen LogP contribution in [0.3, 0.4) is 0 Å². The van der Waals surface area contributed by atoms with E-state index in [0.29, 0.717) is 0 Å². The number of sulfonamides is 1. The highest BCUT2D eigenvalue weighted by Crippen LogP contribution is 2.26. The quantitative estimate of drug-likeness (QED) is 0.883. The van der Waals surface area contributed by atoms with E-state index in [1.807, 2.05) is 0 Å². The number of nitriles is 1. The van der Waals surface area contributed by atoms with Crippen LogP contribution in [0.4, 0.5) is 8.78 Å². The summed E-state index contributed by atoms with van der Waals surface area (Å²) in [6, 6.07) is 3.56. The molecule has 0 atom stereocenters. The Morgan fingerprint density at radius 3 is 2.47 bits per heavy atom. The third-order valence-corrected chi connectivity index (χ3v) is 2.87. The number of primary sulfonamides is 1. The number of halogens is 2. The minimum Gasteiger partial charge on any atom is -0.435 e. The van der Waals surface area contributed by atoms with Crippen molar-refractivity contribution >= 4 is 10.0 Å². The van der Waals surface area contributed by atoms with Crippen LogP contribution in [0, 0.1) is 18.3 Å². The molecule has 0 fully saturated rings. The number of hydrogen-bond acceptors (Lipinski definition) is 4. The van der Waals surface area contributed by atoms with E-state index in [2.05, 4.69) is 4.74 Å². The lowest BCUT2D eigenvalue weighted by Gasteiger charge is -2.10. The molecule has 0 saturated heterocycles. The summed E-state index contributed by atoms with van der Waals surface area (Å²) in [5.41, 5.74) is 0.000802. The van der Waals surface area contributed by atoms with Gasteiger partial charge in [-0.15, -0.1) is 0 Å². The fourth-order valence-corrected chi connectivity index (χ4v) is 1.90. The molecule has 8 heteroatoms. The SMILES string of the molecule is Cc1cc(C#N)c(S(N)(=O)=O)cc1OC(F)F. The third-order valence-electron chi connectivity index (χ3n) is 1.92. The Morgan fingerprint density at radius 1 is 1.47 bits per heavy atom. The molecule has 0 heterocycles. The van der Waals surface area contributed by atoms with Crippen LogP contribution in [-0.4, -0.2) is 15.0 Å². The Hall–Kier alpha value is -1.72. The lowest BCUT2D eigenvalue weighted by Crippen LogP contribution is -2.15. The van der Waals surface area contributed by atoms with E-state index in [-0.39, 0.29) is 16.9 Å². The van der Waals surface area contributed by atoms with Crippen molar-refractivity contribution < 1.29 is 21.9 Å². The normalized spacial score (nSPS) is 11.3. The second-order valence-corrected chi connectivity index (χ2v) is 4.68. The number of hydrogen-bond donors (Lipinski definition) is 1. The molecule has 0 aliphatic carbocycles. The van der Waals surface area contributed by atoms with Gasteiger partial charge in [0.05, 0.1) is 5.56 Å². The van der Waals surface area contributed by atoms with Crippen molar-refractivity contribution in [2.75, 3.05) is 0 Å². The topological polar surface area (TPSA) is 93.2 Å². The average Bonchev–Trinajstić information content (AvgIpc) is 2.18. The molecule has 0 bridgehead atoms. The molecule has 92 valence electrons. The predicted molar refractivity (Wildman–Crippen MR) is 53.9 cm³/mol. The maximum Gasteiger partial charge on any atom is 0.387 e. The van der Waals surface area contributed by atoms with Gasteiger partial charge >= 0.3 is 6.61 Å². The highest BCUT2D eigenvalue weighted by Gasteiger charge is 2.18. The first-order valence-electron chi connectivity index (χ1n) is 4.28. The monoisotopic (exact) mass is 262 g/mol. The summed E-state index contributed by atoms with van der Waals surface area (Å²) in [7, 11) is -4.17. The molecule has 2 N–H and O–H groups in total. The van der Waals surface area contributed by atoms with Crippen LogP contribution in [-0.2, 0) is 10.0 Å². The lowest BCUT2D eigenvalue weighted by molar-refractivity contribution is -0.0504. The van der Waals surface area contributed by atoms with Crippen molar-refractivity contribution in [3.05, 3.63) is 23.3 Å². The molecular formula is C9H8F2N2O3S. The number of aryl methyl sites for hydroxylation is 1. The minimum absolute atomic E-state index is 0.216. The first-order valence-corrected chi connectivity index (χ1v) is 5.82. The van der Waals surface area contributed by atoms with Crippen molar-refractivity contribution in [1.29, 1.82) is 5.26 Å². The number of ether oxygens (including phenoxy) is 1. The fourth-order valence-electron chi connectivity index (χ4n) is 1.22. The van der Waals surface area contributed by atoms with E-state index in [0.717, 1.165) is 12.1 Å². The Bertz CT molecular complexity index is 579. The average molecular weight is 262 g/mol. The lowest BCUT2D eigenvalue weighted by atomic mass is 10.1. The minimum atomic E-state index is -4.17. The number of nitrogens with zero attached hydrogens (tertiary/aromatic N) is 1. The van der Waals surface area contributed by atoms with Gasteiger partial charge in [0.25, 0.3) is 0 Å². The molecule has 0 radical (unpaired) electrons. The molecule has 0 saturated carbocycles. The van der Waals surface area contributed by atoms with Gasteiger partial charge in [-0.25, -0.2) is 13.6 Å². The summed E-state index contributed by atoms with van der Waals surface area (Å²) in [6.45, 7) is -1.68. The Balaban J connectivity index is 3.45. The number of benzene rings is 1. The number of nitrogens with two attached hydrogens (primary N) is 1. The predicted octanol–water partition coefficient (Wildman–Crippen LogP) is 1.12. The van der Waals surface area contributed by atoms with Crippen molar-refractivity contribution in [1.82, 2.24) is 0 Å².